The topological polar surface area (TPSA) is 78.2 Å². The number of carbonyl (C=O) groups is 2. The molecule has 0 bridgehead atoms. The normalized spacial score (nSPS) is 10.8. The third-order valence-electron chi connectivity index (χ3n) is 2.17. The van der Waals surface area contributed by atoms with Gasteiger partial charge in [-0.05, 0) is 17.7 Å². The first-order chi connectivity index (χ1) is 8.29. The number of nitriles is 1. The first-order valence-electron chi connectivity index (χ1n) is 4.60. The highest BCUT2D eigenvalue weighted by Crippen LogP contribution is 2.33. The molecular weight excluding hydrogens is 251 g/mol. The molecule has 0 unspecified atom stereocenters. The zero-order chi connectivity index (χ0) is 13.9. The zero-order valence-corrected chi connectivity index (χ0v) is 8.78. The molecule has 0 spiro atoms. The maximum atomic E-state index is 12.7. The Labute approximate surface area is 99.3 Å². The van der Waals surface area contributed by atoms with Crippen LogP contribution in [-0.2, 0) is 17.4 Å². The number of hydrogen-bond acceptors (Lipinski definition) is 3. The molecule has 4 nitrogen and oxygen atoms in total. The molecule has 94 valence electrons. The van der Waals surface area contributed by atoms with Gasteiger partial charge in [-0.25, -0.2) is 0 Å². The quantitative estimate of drug-likeness (QED) is 0.840. The van der Waals surface area contributed by atoms with Gasteiger partial charge in [-0.15, -0.1) is 0 Å². The molecular formula is C11H6F3NO3. The van der Waals surface area contributed by atoms with Gasteiger partial charge in [-0.3, -0.25) is 9.59 Å². The number of carboxylic acids is 1. The van der Waals surface area contributed by atoms with E-state index in [1.54, 1.807) is 0 Å². The lowest BCUT2D eigenvalue weighted by molar-refractivity contribution is -0.139. The second kappa shape index (κ2) is 4.87. The minimum Gasteiger partial charge on any atom is -0.481 e. The summed E-state index contributed by atoms with van der Waals surface area (Å²) in [7, 11) is 0. The van der Waals surface area contributed by atoms with E-state index < -0.39 is 35.3 Å². The predicted molar refractivity (Wildman–Crippen MR) is 52.9 cm³/mol. The smallest absolute Gasteiger partial charge is 0.416 e. The van der Waals surface area contributed by atoms with Crippen molar-refractivity contribution < 1.29 is 27.9 Å². The van der Waals surface area contributed by atoms with Crippen LogP contribution >= 0.6 is 0 Å². The lowest BCUT2D eigenvalue weighted by atomic mass is 9.97. The summed E-state index contributed by atoms with van der Waals surface area (Å²) in [6.45, 7) is 0. The number of benzene rings is 1. The summed E-state index contributed by atoms with van der Waals surface area (Å²) in [5.41, 5.74) is -2.46. The fourth-order valence-corrected chi connectivity index (χ4v) is 1.43. The van der Waals surface area contributed by atoms with Crippen LogP contribution in [-0.4, -0.2) is 17.4 Å². The number of halogens is 3. The SMILES string of the molecule is N#Cc1cc(C(F)(F)F)c(CC(=O)O)cc1C=O. The monoisotopic (exact) mass is 257 g/mol. The van der Waals surface area contributed by atoms with Crippen LogP contribution in [0.2, 0.25) is 0 Å². The van der Waals surface area contributed by atoms with Crippen molar-refractivity contribution in [2.45, 2.75) is 12.6 Å². The molecule has 0 amide bonds. The van der Waals surface area contributed by atoms with Crippen LogP contribution in [0.25, 0.3) is 0 Å². The number of nitrogens with zero attached hydrogens (tertiary/aromatic N) is 1. The molecule has 0 aromatic heterocycles. The fraction of sp³-hybridized carbons (Fsp3) is 0.182. The largest absolute Gasteiger partial charge is 0.481 e. The molecule has 0 radical (unpaired) electrons. The van der Waals surface area contributed by atoms with Crippen LogP contribution in [0.1, 0.15) is 27.0 Å². The third kappa shape index (κ3) is 2.85. The minimum absolute atomic E-state index is 0.212. The van der Waals surface area contributed by atoms with Gasteiger partial charge in [-0.2, -0.15) is 18.4 Å². The van der Waals surface area contributed by atoms with Crippen molar-refractivity contribution in [1.82, 2.24) is 0 Å². The van der Waals surface area contributed by atoms with Gasteiger partial charge in [0.1, 0.15) is 0 Å². The van der Waals surface area contributed by atoms with Crippen LogP contribution in [0.4, 0.5) is 13.2 Å². The molecule has 0 saturated carbocycles. The Hall–Kier alpha value is -2.36. The van der Waals surface area contributed by atoms with Gasteiger partial charge in [0.15, 0.2) is 6.29 Å². The molecule has 0 aliphatic rings. The maximum absolute atomic E-state index is 12.7. The number of carbonyl (C=O) groups excluding carboxylic acids is 1. The molecule has 0 fully saturated rings. The van der Waals surface area contributed by atoms with E-state index in [2.05, 4.69) is 0 Å². The van der Waals surface area contributed by atoms with Gasteiger partial charge in [0.05, 0.1) is 23.6 Å². The third-order valence-corrected chi connectivity index (χ3v) is 2.17. The summed E-state index contributed by atoms with van der Waals surface area (Å²) >= 11 is 0. The zero-order valence-electron chi connectivity index (χ0n) is 8.78. The number of aliphatic carboxylic acids is 1. The Balaban J connectivity index is 3.52. The van der Waals surface area contributed by atoms with Gasteiger partial charge >= 0.3 is 12.1 Å². The molecule has 1 aromatic rings. The first-order valence-corrected chi connectivity index (χ1v) is 4.60. The van der Waals surface area contributed by atoms with E-state index in [9.17, 15) is 22.8 Å². The highest BCUT2D eigenvalue weighted by molar-refractivity contribution is 5.81. The number of hydrogen-bond donors (Lipinski definition) is 1. The van der Waals surface area contributed by atoms with Crippen molar-refractivity contribution in [2.75, 3.05) is 0 Å². The van der Waals surface area contributed by atoms with Gasteiger partial charge < -0.3 is 5.11 Å². The first kappa shape index (κ1) is 13.7. The summed E-state index contributed by atoms with van der Waals surface area (Å²) in [4.78, 5) is 21.1. The van der Waals surface area contributed by atoms with Crippen molar-refractivity contribution in [1.29, 1.82) is 5.26 Å². The Morgan fingerprint density at radius 2 is 2.06 bits per heavy atom. The van der Waals surface area contributed by atoms with E-state index in [4.69, 9.17) is 10.4 Å². The van der Waals surface area contributed by atoms with Gasteiger partial charge in [-0.1, -0.05) is 0 Å². The summed E-state index contributed by atoms with van der Waals surface area (Å²) in [5, 5.41) is 17.1. The van der Waals surface area contributed by atoms with Crippen molar-refractivity contribution in [2.24, 2.45) is 0 Å². The van der Waals surface area contributed by atoms with E-state index in [0.29, 0.717) is 6.07 Å². The van der Waals surface area contributed by atoms with E-state index in [-0.39, 0.29) is 11.8 Å². The molecule has 0 heterocycles. The number of rotatable bonds is 3. The molecule has 1 rings (SSSR count). The van der Waals surface area contributed by atoms with Crippen LogP contribution in [0.3, 0.4) is 0 Å². The fourth-order valence-electron chi connectivity index (χ4n) is 1.43. The molecule has 1 N–H and O–H groups in total. The van der Waals surface area contributed by atoms with E-state index in [0.717, 1.165) is 6.07 Å². The average molecular weight is 257 g/mol. The summed E-state index contributed by atoms with van der Waals surface area (Å²) in [5.74, 6) is -1.46. The van der Waals surface area contributed by atoms with Crippen LogP contribution < -0.4 is 0 Å². The van der Waals surface area contributed by atoms with Crippen molar-refractivity contribution in [3.05, 3.63) is 34.4 Å². The minimum atomic E-state index is -4.78. The highest BCUT2D eigenvalue weighted by Gasteiger charge is 2.34. The van der Waals surface area contributed by atoms with Crippen LogP contribution in [0.15, 0.2) is 12.1 Å². The highest BCUT2D eigenvalue weighted by atomic mass is 19.4. The summed E-state index contributed by atoms with van der Waals surface area (Å²) in [6.07, 6.45) is -5.44. The van der Waals surface area contributed by atoms with Crippen molar-refractivity contribution in [3.8, 4) is 6.07 Å². The number of aldehydes is 1. The van der Waals surface area contributed by atoms with Crippen LogP contribution in [0.5, 0.6) is 0 Å². The number of carboxylic acid groups (broad SMARTS) is 1. The number of alkyl halides is 3. The Morgan fingerprint density at radius 3 is 2.44 bits per heavy atom. The Kier molecular flexibility index (Phi) is 3.71. The summed E-state index contributed by atoms with van der Waals surface area (Å²) < 4.78 is 38.0. The molecule has 0 atom stereocenters. The Morgan fingerprint density at radius 1 is 1.44 bits per heavy atom. The Bertz CT molecular complexity index is 544. The second-order valence-corrected chi connectivity index (χ2v) is 3.39. The van der Waals surface area contributed by atoms with E-state index >= 15 is 0 Å². The molecule has 7 heteroatoms. The molecule has 0 aliphatic carbocycles. The van der Waals surface area contributed by atoms with E-state index in [1.165, 1.54) is 6.07 Å². The van der Waals surface area contributed by atoms with Gasteiger partial charge in [0, 0.05) is 5.56 Å². The average Bonchev–Trinajstić information content (AvgIpc) is 2.26. The van der Waals surface area contributed by atoms with E-state index in [1.807, 2.05) is 0 Å². The van der Waals surface area contributed by atoms with Crippen molar-refractivity contribution >= 4 is 12.3 Å². The molecule has 0 aliphatic heterocycles. The second-order valence-electron chi connectivity index (χ2n) is 3.39. The lowest BCUT2D eigenvalue weighted by Crippen LogP contribution is -2.13. The molecule has 18 heavy (non-hydrogen) atoms. The standard InChI is InChI=1S/C11H6F3NO3/c12-11(13,14)9-2-7(4-15)8(5-16)1-6(9)3-10(17)18/h1-2,5H,3H2,(H,17,18). The van der Waals surface area contributed by atoms with Crippen molar-refractivity contribution in [3.63, 3.8) is 0 Å². The maximum Gasteiger partial charge on any atom is 0.416 e. The summed E-state index contributed by atoms with van der Waals surface area (Å²) in [6, 6.07) is 2.73. The molecule has 1 aromatic carbocycles. The predicted octanol–water partition coefficient (Wildman–Crippen LogP) is 2.02. The lowest BCUT2D eigenvalue weighted by Gasteiger charge is -2.13. The van der Waals surface area contributed by atoms with Crippen LogP contribution in [0, 0.1) is 11.3 Å². The van der Waals surface area contributed by atoms with Gasteiger partial charge in [0.2, 0.25) is 0 Å². The molecule has 0 saturated heterocycles. The van der Waals surface area contributed by atoms with Gasteiger partial charge in [0.25, 0.3) is 0 Å².